The van der Waals surface area contributed by atoms with Gasteiger partial charge in [-0.05, 0) is 35.4 Å². The maximum atomic E-state index is 5.31. The van der Waals surface area contributed by atoms with Gasteiger partial charge in [0.2, 0.25) is 12.7 Å². The molecular weight excluding hydrogens is 568 g/mol. The smallest absolute Gasteiger partial charge is 0.244 e. The molecule has 0 saturated heterocycles. The summed E-state index contributed by atoms with van der Waals surface area (Å²) in [6.07, 6.45) is 12.7. The lowest BCUT2D eigenvalue weighted by atomic mass is 10.2. The molecule has 2 heterocycles. The standard InChI is InChI=1S/C24H28N4O2.2BrH.2H2O/c1-29-23-7-3-5-21(15-23)17-27-13-11-25(19-27)9-10-26-12-14-28(20-26)18-22-6-4-8-24(16-22)30-2;;;;/h3-8,11-16,19-20H,9-10,17-18H2,1-2H3;2*1H;2*1H2/q+2;;;;/p-2. The summed E-state index contributed by atoms with van der Waals surface area (Å²) in [4.78, 5) is 0. The Morgan fingerprint density at radius 3 is 1.47 bits per heavy atom. The molecule has 34 heavy (non-hydrogen) atoms. The fourth-order valence-corrected chi connectivity index (χ4v) is 3.52. The third-order valence-corrected chi connectivity index (χ3v) is 5.11. The number of benzene rings is 2. The molecule has 0 unspecified atom stereocenters. The van der Waals surface area contributed by atoms with Gasteiger partial charge in [-0.25, -0.2) is 18.3 Å². The highest BCUT2D eigenvalue weighted by molar-refractivity contribution is 5.28. The fraction of sp³-hybridized carbons (Fsp3) is 0.250. The van der Waals surface area contributed by atoms with Gasteiger partial charge in [-0.2, -0.15) is 0 Å². The van der Waals surface area contributed by atoms with Crippen LogP contribution in [0.4, 0.5) is 0 Å². The van der Waals surface area contributed by atoms with Crippen LogP contribution in [0.1, 0.15) is 11.1 Å². The zero-order valence-electron chi connectivity index (χ0n) is 19.3. The van der Waals surface area contributed by atoms with Crippen molar-refractivity contribution >= 4 is 0 Å². The number of imidazole rings is 2. The maximum absolute atomic E-state index is 5.31. The van der Waals surface area contributed by atoms with Crippen LogP contribution < -0.4 is 52.6 Å². The van der Waals surface area contributed by atoms with E-state index in [4.69, 9.17) is 9.47 Å². The van der Waals surface area contributed by atoms with Crippen LogP contribution in [-0.4, -0.2) is 34.3 Å². The lowest BCUT2D eigenvalue weighted by Gasteiger charge is -2.02. The highest BCUT2D eigenvalue weighted by Gasteiger charge is 2.09. The van der Waals surface area contributed by atoms with Gasteiger partial charge in [-0.3, -0.25) is 0 Å². The van der Waals surface area contributed by atoms with Crippen LogP contribution in [0.5, 0.6) is 11.5 Å². The minimum Gasteiger partial charge on any atom is -1.00 e. The number of hydrogen-bond donors (Lipinski definition) is 0. The summed E-state index contributed by atoms with van der Waals surface area (Å²) in [6.45, 7) is 3.49. The van der Waals surface area contributed by atoms with E-state index in [9.17, 15) is 0 Å². The predicted octanol–water partition coefficient (Wildman–Crippen LogP) is -4.96. The summed E-state index contributed by atoms with van der Waals surface area (Å²) < 4.78 is 19.4. The van der Waals surface area contributed by atoms with Crippen LogP contribution in [0.25, 0.3) is 0 Å². The molecule has 0 atom stereocenters. The van der Waals surface area contributed by atoms with E-state index >= 15 is 0 Å². The summed E-state index contributed by atoms with van der Waals surface area (Å²) in [5.74, 6) is 1.78. The molecule has 0 aliphatic heterocycles. The molecule has 0 aliphatic rings. The Kier molecular flexibility index (Phi) is 14.1. The molecule has 4 N–H and O–H groups in total. The molecule has 2 aromatic heterocycles. The molecule has 0 bridgehead atoms. The normalized spacial score (nSPS) is 9.59. The maximum Gasteiger partial charge on any atom is 0.244 e. The number of halogens is 2. The van der Waals surface area contributed by atoms with Gasteiger partial charge >= 0.3 is 0 Å². The zero-order valence-corrected chi connectivity index (χ0v) is 22.4. The van der Waals surface area contributed by atoms with E-state index in [1.54, 1.807) is 14.2 Å². The van der Waals surface area contributed by atoms with Crippen molar-refractivity contribution in [3.63, 3.8) is 0 Å². The fourth-order valence-electron chi connectivity index (χ4n) is 3.52. The first kappa shape index (κ1) is 31.3. The van der Waals surface area contributed by atoms with Crippen LogP contribution in [0.2, 0.25) is 0 Å². The average Bonchev–Trinajstić information content (AvgIpc) is 3.41. The SMILES string of the molecule is COc1cccc(C[n+]2ccn(CCn3cc[n+](Cc4cccc(OC)c4)c3)c2)c1.O.O.[Br-].[Br-]. The van der Waals surface area contributed by atoms with Gasteiger partial charge in [-0.1, -0.05) is 24.3 Å². The Balaban J connectivity index is 0.00000272. The van der Waals surface area contributed by atoms with E-state index in [0.717, 1.165) is 37.7 Å². The number of rotatable bonds is 9. The van der Waals surface area contributed by atoms with Crippen LogP contribution in [0.3, 0.4) is 0 Å². The van der Waals surface area contributed by atoms with Crippen molar-refractivity contribution in [2.24, 2.45) is 0 Å². The highest BCUT2D eigenvalue weighted by atomic mass is 79.9. The second-order valence-corrected chi connectivity index (χ2v) is 7.35. The quantitative estimate of drug-likeness (QED) is 0.180. The molecule has 0 aliphatic carbocycles. The van der Waals surface area contributed by atoms with Crippen LogP contribution >= 0.6 is 0 Å². The van der Waals surface area contributed by atoms with Crippen LogP contribution in [-0.2, 0) is 26.2 Å². The minimum atomic E-state index is 0. The Morgan fingerprint density at radius 1 is 0.676 bits per heavy atom. The zero-order chi connectivity index (χ0) is 20.8. The van der Waals surface area contributed by atoms with Gasteiger partial charge in [0.15, 0.2) is 0 Å². The molecule has 2 aromatic carbocycles. The van der Waals surface area contributed by atoms with Crippen LogP contribution in [0.15, 0.2) is 86.0 Å². The summed E-state index contributed by atoms with van der Waals surface area (Å²) >= 11 is 0. The lowest BCUT2D eigenvalue weighted by molar-refractivity contribution is -0.688. The van der Waals surface area contributed by atoms with Gasteiger partial charge in [-0.15, -0.1) is 0 Å². The molecule has 4 aromatic rings. The monoisotopic (exact) mass is 598 g/mol. The summed E-state index contributed by atoms with van der Waals surface area (Å²) in [6, 6.07) is 16.4. The first-order valence-corrected chi connectivity index (χ1v) is 10.1. The Morgan fingerprint density at radius 2 is 1.09 bits per heavy atom. The first-order chi connectivity index (χ1) is 14.7. The average molecular weight is 600 g/mol. The second-order valence-electron chi connectivity index (χ2n) is 7.35. The van der Waals surface area contributed by atoms with E-state index in [2.05, 4.69) is 80.0 Å². The number of nitrogens with zero attached hydrogens (tertiary/aromatic N) is 4. The van der Waals surface area contributed by atoms with Gasteiger partial charge in [0.1, 0.15) is 62.5 Å². The largest absolute Gasteiger partial charge is 1.00 e. The predicted molar refractivity (Wildman–Crippen MR) is 121 cm³/mol. The van der Waals surface area contributed by atoms with Crippen molar-refractivity contribution in [2.45, 2.75) is 26.2 Å². The van der Waals surface area contributed by atoms with Crippen molar-refractivity contribution < 1.29 is 63.5 Å². The summed E-state index contributed by atoms with van der Waals surface area (Å²) in [5.41, 5.74) is 2.45. The lowest BCUT2D eigenvalue weighted by Crippen LogP contribution is -3.00. The Hall–Kier alpha value is -2.66. The van der Waals surface area contributed by atoms with Gasteiger partial charge < -0.3 is 54.4 Å². The number of methoxy groups -OCH3 is 2. The summed E-state index contributed by atoms with van der Waals surface area (Å²) in [5, 5.41) is 0. The van der Waals surface area contributed by atoms with Crippen molar-refractivity contribution in [3.8, 4) is 11.5 Å². The van der Waals surface area contributed by atoms with Gasteiger partial charge in [0.05, 0.1) is 14.2 Å². The third-order valence-electron chi connectivity index (χ3n) is 5.11. The minimum absolute atomic E-state index is 0. The van der Waals surface area contributed by atoms with Crippen molar-refractivity contribution in [1.29, 1.82) is 0 Å². The topological polar surface area (TPSA) is 99.1 Å². The molecular formula is C24H32Br2N4O4. The molecule has 186 valence electrons. The number of hydrogen-bond acceptors (Lipinski definition) is 2. The molecule has 0 spiro atoms. The van der Waals surface area contributed by atoms with E-state index < -0.39 is 0 Å². The molecule has 4 rings (SSSR count). The number of aromatic nitrogens is 4. The van der Waals surface area contributed by atoms with E-state index in [1.165, 1.54) is 11.1 Å². The second kappa shape index (κ2) is 15.3. The molecule has 0 saturated carbocycles. The van der Waals surface area contributed by atoms with Gasteiger partial charge in [0.25, 0.3) is 0 Å². The summed E-state index contributed by atoms with van der Waals surface area (Å²) in [7, 11) is 3.40. The highest BCUT2D eigenvalue weighted by Crippen LogP contribution is 2.13. The van der Waals surface area contributed by atoms with Gasteiger partial charge in [0, 0.05) is 0 Å². The number of ether oxygens (including phenoxy) is 2. The van der Waals surface area contributed by atoms with E-state index in [-0.39, 0.29) is 44.9 Å². The molecule has 10 heteroatoms. The molecule has 8 nitrogen and oxygen atoms in total. The van der Waals surface area contributed by atoms with Crippen molar-refractivity contribution in [1.82, 2.24) is 9.13 Å². The molecule has 0 fully saturated rings. The van der Waals surface area contributed by atoms with Crippen LogP contribution in [0, 0.1) is 0 Å². The van der Waals surface area contributed by atoms with Crippen molar-refractivity contribution in [3.05, 3.63) is 97.1 Å². The van der Waals surface area contributed by atoms with Crippen molar-refractivity contribution in [2.75, 3.05) is 14.2 Å². The van der Waals surface area contributed by atoms with E-state index in [1.807, 2.05) is 24.3 Å². The van der Waals surface area contributed by atoms with E-state index in [0.29, 0.717) is 0 Å². The first-order valence-electron chi connectivity index (χ1n) is 10.1. The number of aryl methyl sites for hydroxylation is 2. The molecule has 0 amide bonds. The Labute approximate surface area is 221 Å². The third kappa shape index (κ3) is 8.60. The Bertz CT molecular complexity index is 1030. The molecule has 0 radical (unpaired) electrons.